The number of ether oxygens (including phenoxy) is 1. The van der Waals surface area contributed by atoms with E-state index in [1.54, 1.807) is 25.1 Å². The first-order chi connectivity index (χ1) is 7.98. The lowest BCUT2D eigenvalue weighted by Crippen LogP contribution is -2.24. The van der Waals surface area contributed by atoms with Gasteiger partial charge in [-0.05, 0) is 17.7 Å². The van der Waals surface area contributed by atoms with Crippen LogP contribution in [0.1, 0.15) is 22.8 Å². The molecule has 1 aromatic carbocycles. The van der Waals surface area contributed by atoms with Gasteiger partial charge in [-0.1, -0.05) is 19.1 Å². The maximum Gasteiger partial charge on any atom is 0.337 e. The number of nitrogens with one attached hydrogen (secondary N) is 1. The zero-order chi connectivity index (χ0) is 12.9. The third-order valence-electron chi connectivity index (χ3n) is 2.07. The summed E-state index contributed by atoms with van der Waals surface area (Å²) in [6.45, 7) is 2.06. The van der Waals surface area contributed by atoms with Gasteiger partial charge < -0.3 is 4.74 Å². The summed E-state index contributed by atoms with van der Waals surface area (Å²) in [4.78, 5) is 11.3. The Morgan fingerprint density at radius 2 is 2.12 bits per heavy atom. The molecule has 0 amide bonds. The number of rotatable bonds is 5. The largest absolute Gasteiger partial charge is 0.465 e. The van der Waals surface area contributed by atoms with Crippen molar-refractivity contribution in [3.63, 3.8) is 0 Å². The molecule has 0 saturated carbocycles. The van der Waals surface area contributed by atoms with Crippen LogP contribution < -0.4 is 4.72 Å². The second kappa shape index (κ2) is 5.79. The van der Waals surface area contributed by atoms with Crippen molar-refractivity contribution in [3.8, 4) is 0 Å². The van der Waals surface area contributed by atoms with Crippen molar-refractivity contribution in [2.45, 2.75) is 12.7 Å². The van der Waals surface area contributed by atoms with E-state index in [1.807, 2.05) is 0 Å². The number of sulfonamides is 1. The van der Waals surface area contributed by atoms with Gasteiger partial charge in [-0.2, -0.15) is 0 Å². The molecular formula is C11H15NO4S. The molecule has 17 heavy (non-hydrogen) atoms. The minimum Gasteiger partial charge on any atom is -0.465 e. The van der Waals surface area contributed by atoms with Crippen LogP contribution in [0.3, 0.4) is 0 Å². The first-order valence-corrected chi connectivity index (χ1v) is 6.78. The van der Waals surface area contributed by atoms with Gasteiger partial charge in [0.2, 0.25) is 10.0 Å². The van der Waals surface area contributed by atoms with Gasteiger partial charge in [-0.15, -0.1) is 0 Å². The van der Waals surface area contributed by atoms with Crippen LogP contribution in [-0.4, -0.2) is 28.0 Å². The first kappa shape index (κ1) is 13.7. The van der Waals surface area contributed by atoms with Crippen LogP contribution in [0, 0.1) is 0 Å². The van der Waals surface area contributed by atoms with E-state index in [-0.39, 0.29) is 5.75 Å². The minimum atomic E-state index is -3.34. The Hall–Kier alpha value is -1.40. The summed E-state index contributed by atoms with van der Waals surface area (Å²) < 4.78 is 30.0. The van der Waals surface area contributed by atoms with Gasteiger partial charge in [0.1, 0.15) is 0 Å². The zero-order valence-corrected chi connectivity index (χ0v) is 10.6. The van der Waals surface area contributed by atoms with Gasteiger partial charge in [0.05, 0.1) is 18.4 Å². The lowest BCUT2D eigenvalue weighted by Gasteiger charge is -2.06. The average Bonchev–Trinajstić information content (AvgIpc) is 2.27. The summed E-state index contributed by atoms with van der Waals surface area (Å²) in [6, 6.07) is 6.38. The summed E-state index contributed by atoms with van der Waals surface area (Å²) >= 11 is 0. The highest BCUT2D eigenvalue weighted by Gasteiger charge is 2.12. The van der Waals surface area contributed by atoms with Crippen molar-refractivity contribution in [2.75, 3.05) is 13.7 Å². The van der Waals surface area contributed by atoms with Crippen LogP contribution in [0.15, 0.2) is 24.3 Å². The molecule has 0 heterocycles. The van der Waals surface area contributed by atoms with Crippen LogP contribution >= 0.6 is 0 Å². The van der Waals surface area contributed by atoms with E-state index < -0.39 is 16.0 Å². The van der Waals surface area contributed by atoms with Gasteiger partial charge >= 0.3 is 5.97 Å². The van der Waals surface area contributed by atoms with Crippen molar-refractivity contribution in [2.24, 2.45) is 0 Å². The Balaban J connectivity index is 2.90. The Kier molecular flexibility index (Phi) is 4.65. The molecule has 0 fully saturated rings. The standard InChI is InChI=1S/C11H15NO4S/c1-3-12-17(14,15)8-9-5-4-6-10(7-9)11(13)16-2/h4-7,12H,3,8H2,1-2H3. The van der Waals surface area contributed by atoms with Crippen molar-refractivity contribution < 1.29 is 17.9 Å². The molecule has 1 rings (SSSR count). The summed E-state index contributed by atoms with van der Waals surface area (Å²) in [5.74, 6) is -0.626. The Morgan fingerprint density at radius 1 is 1.41 bits per heavy atom. The molecule has 1 N–H and O–H groups in total. The van der Waals surface area contributed by atoms with Gasteiger partial charge in [0, 0.05) is 6.54 Å². The molecule has 0 aliphatic rings. The molecule has 0 aliphatic heterocycles. The topological polar surface area (TPSA) is 72.5 Å². The second-order valence-electron chi connectivity index (χ2n) is 3.45. The molecule has 5 nitrogen and oxygen atoms in total. The maximum absolute atomic E-state index is 11.5. The van der Waals surface area contributed by atoms with E-state index in [9.17, 15) is 13.2 Å². The first-order valence-electron chi connectivity index (χ1n) is 5.13. The minimum absolute atomic E-state index is 0.147. The normalized spacial score (nSPS) is 11.2. The van der Waals surface area contributed by atoms with Crippen LogP contribution in [0.5, 0.6) is 0 Å². The monoisotopic (exact) mass is 257 g/mol. The maximum atomic E-state index is 11.5. The molecule has 0 spiro atoms. The van der Waals surface area contributed by atoms with Gasteiger partial charge in [-0.25, -0.2) is 17.9 Å². The molecule has 0 aromatic heterocycles. The van der Waals surface area contributed by atoms with E-state index >= 15 is 0 Å². The smallest absolute Gasteiger partial charge is 0.337 e. The summed E-state index contributed by atoms with van der Waals surface area (Å²) in [5.41, 5.74) is 0.894. The number of esters is 1. The lowest BCUT2D eigenvalue weighted by atomic mass is 10.1. The van der Waals surface area contributed by atoms with E-state index in [1.165, 1.54) is 13.2 Å². The number of benzene rings is 1. The number of hydrogen-bond donors (Lipinski definition) is 1. The third-order valence-corrected chi connectivity index (χ3v) is 3.51. The highest BCUT2D eigenvalue weighted by Crippen LogP contribution is 2.09. The molecule has 0 radical (unpaired) electrons. The van der Waals surface area contributed by atoms with Crippen molar-refractivity contribution in [3.05, 3.63) is 35.4 Å². The summed E-state index contributed by atoms with van der Waals surface area (Å²) in [6.07, 6.45) is 0. The average molecular weight is 257 g/mol. The summed E-state index contributed by atoms with van der Waals surface area (Å²) in [7, 11) is -2.05. The van der Waals surface area contributed by atoms with E-state index in [0.29, 0.717) is 17.7 Å². The highest BCUT2D eigenvalue weighted by molar-refractivity contribution is 7.88. The number of methoxy groups -OCH3 is 1. The number of carbonyl (C=O) groups is 1. The zero-order valence-electron chi connectivity index (χ0n) is 9.76. The molecular weight excluding hydrogens is 242 g/mol. The Labute approximate surface area is 101 Å². The molecule has 6 heteroatoms. The molecule has 0 unspecified atom stereocenters. The molecule has 94 valence electrons. The van der Waals surface area contributed by atoms with E-state index in [4.69, 9.17) is 0 Å². The van der Waals surface area contributed by atoms with E-state index in [0.717, 1.165) is 0 Å². The van der Waals surface area contributed by atoms with Crippen molar-refractivity contribution in [1.29, 1.82) is 0 Å². The van der Waals surface area contributed by atoms with Gasteiger partial charge in [-0.3, -0.25) is 0 Å². The van der Waals surface area contributed by atoms with Crippen LogP contribution in [-0.2, 0) is 20.5 Å². The van der Waals surface area contributed by atoms with Crippen LogP contribution in [0.4, 0.5) is 0 Å². The van der Waals surface area contributed by atoms with Crippen LogP contribution in [0.25, 0.3) is 0 Å². The fraction of sp³-hybridized carbons (Fsp3) is 0.364. The SMILES string of the molecule is CCNS(=O)(=O)Cc1cccc(C(=O)OC)c1. The molecule has 0 aliphatic carbocycles. The Morgan fingerprint density at radius 3 is 2.71 bits per heavy atom. The van der Waals surface area contributed by atoms with E-state index in [2.05, 4.69) is 9.46 Å². The quantitative estimate of drug-likeness (QED) is 0.796. The van der Waals surface area contributed by atoms with Gasteiger partial charge in [0.25, 0.3) is 0 Å². The van der Waals surface area contributed by atoms with Crippen molar-refractivity contribution in [1.82, 2.24) is 4.72 Å². The fourth-order valence-electron chi connectivity index (χ4n) is 1.40. The third kappa shape index (κ3) is 4.16. The number of carbonyl (C=O) groups excluding carboxylic acids is 1. The van der Waals surface area contributed by atoms with Crippen molar-refractivity contribution >= 4 is 16.0 Å². The second-order valence-corrected chi connectivity index (χ2v) is 5.26. The van der Waals surface area contributed by atoms with Crippen LogP contribution in [0.2, 0.25) is 0 Å². The Bertz CT molecular complexity index is 496. The number of hydrogen-bond acceptors (Lipinski definition) is 4. The molecule has 0 atom stereocenters. The predicted octanol–water partition coefficient (Wildman–Crippen LogP) is 0.912. The molecule has 1 aromatic rings. The van der Waals surface area contributed by atoms with Gasteiger partial charge in [0.15, 0.2) is 0 Å². The summed E-state index contributed by atoms with van der Waals surface area (Å²) in [5, 5.41) is 0. The highest BCUT2D eigenvalue weighted by atomic mass is 32.2. The molecule has 0 saturated heterocycles. The predicted molar refractivity (Wildman–Crippen MR) is 64.1 cm³/mol. The lowest BCUT2D eigenvalue weighted by molar-refractivity contribution is 0.0600. The fourth-order valence-corrected chi connectivity index (χ4v) is 2.56. The molecule has 0 bridgehead atoms.